The summed E-state index contributed by atoms with van der Waals surface area (Å²) in [6, 6.07) is 5.44. The summed E-state index contributed by atoms with van der Waals surface area (Å²) >= 11 is 1.19. The van der Waals surface area contributed by atoms with Crippen molar-refractivity contribution < 1.29 is 22.4 Å². The topological polar surface area (TPSA) is 110 Å². The number of sulfone groups is 1. The molecule has 8 nitrogen and oxygen atoms in total. The van der Waals surface area contributed by atoms with Gasteiger partial charge in [-0.3, -0.25) is 9.59 Å². The molecule has 1 aromatic heterocycles. The van der Waals surface area contributed by atoms with Crippen molar-refractivity contribution in [3.63, 3.8) is 0 Å². The summed E-state index contributed by atoms with van der Waals surface area (Å²) < 4.78 is 28.8. The van der Waals surface area contributed by atoms with Gasteiger partial charge in [-0.2, -0.15) is 0 Å². The number of fused-ring (bicyclic) bond motifs is 1. The standard InChI is InChI=1S/C20H23N3O5S2/c1-12(19(25)16-3-4-17-15(10-16)5-7-23(17)13(2)24)29-20-22-21-18(28-20)9-14-6-8-30(26,27)11-14/h3-4,10,12,14H,5-9,11H2,1-2H3. The predicted octanol–water partition coefficient (Wildman–Crippen LogP) is 2.32. The Hall–Kier alpha value is -2.20. The van der Waals surface area contributed by atoms with Crippen LogP contribution in [0.3, 0.4) is 0 Å². The zero-order chi connectivity index (χ0) is 21.5. The van der Waals surface area contributed by atoms with Crippen LogP contribution in [-0.4, -0.2) is 53.6 Å². The molecule has 2 aliphatic heterocycles. The van der Waals surface area contributed by atoms with E-state index in [1.165, 1.54) is 18.7 Å². The molecule has 1 fully saturated rings. The normalized spacial score (nSPS) is 20.9. The first-order chi connectivity index (χ1) is 14.2. The highest BCUT2D eigenvalue weighted by molar-refractivity contribution is 8.00. The van der Waals surface area contributed by atoms with Gasteiger partial charge in [-0.1, -0.05) is 11.8 Å². The van der Waals surface area contributed by atoms with Crippen molar-refractivity contribution >= 4 is 39.0 Å². The van der Waals surface area contributed by atoms with Gasteiger partial charge in [-0.25, -0.2) is 8.42 Å². The number of hydrogen-bond acceptors (Lipinski definition) is 8. The SMILES string of the molecule is CC(=O)N1CCc2cc(C(=O)C(C)Sc3nnc(CC4CCS(=O)(=O)C4)o3)ccc21. The number of thioether (sulfide) groups is 1. The van der Waals surface area contributed by atoms with Crippen LogP contribution in [0.4, 0.5) is 5.69 Å². The second-order valence-corrected chi connectivity index (χ2v) is 11.3. The largest absolute Gasteiger partial charge is 0.416 e. The summed E-state index contributed by atoms with van der Waals surface area (Å²) in [5.41, 5.74) is 2.46. The summed E-state index contributed by atoms with van der Waals surface area (Å²) in [7, 11) is -2.94. The second kappa shape index (κ2) is 8.14. The third-order valence-electron chi connectivity index (χ3n) is 5.52. The molecule has 1 saturated heterocycles. The maximum absolute atomic E-state index is 12.9. The monoisotopic (exact) mass is 449 g/mol. The number of Topliss-reactive ketones (excluding diaryl/α,β-unsaturated/α-hetero) is 1. The second-order valence-electron chi connectivity index (χ2n) is 7.82. The first-order valence-electron chi connectivity index (χ1n) is 9.86. The molecular weight excluding hydrogens is 426 g/mol. The van der Waals surface area contributed by atoms with Crippen molar-refractivity contribution in [2.75, 3.05) is 23.0 Å². The van der Waals surface area contributed by atoms with Crippen LogP contribution in [0.1, 0.15) is 42.1 Å². The van der Waals surface area contributed by atoms with Crippen molar-refractivity contribution in [2.24, 2.45) is 5.92 Å². The minimum Gasteiger partial charge on any atom is -0.416 e. The Labute approximate surface area is 179 Å². The summed E-state index contributed by atoms with van der Waals surface area (Å²) in [4.78, 5) is 26.3. The van der Waals surface area contributed by atoms with Crippen LogP contribution in [0, 0.1) is 5.92 Å². The van der Waals surface area contributed by atoms with Crippen molar-refractivity contribution in [2.45, 2.75) is 43.6 Å². The minimum atomic E-state index is -2.94. The Balaban J connectivity index is 1.39. The summed E-state index contributed by atoms with van der Waals surface area (Å²) in [5, 5.41) is 7.88. The Morgan fingerprint density at radius 1 is 1.33 bits per heavy atom. The molecular formula is C20H23N3O5S2. The van der Waals surface area contributed by atoms with Gasteiger partial charge in [0.2, 0.25) is 11.8 Å². The molecule has 160 valence electrons. The van der Waals surface area contributed by atoms with Crippen LogP contribution in [0.2, 0.25) is 0 Å². The summed E-state index contributed by atoms with van der Waals surface area (Å²) in [6.07, 6.45) is 1.79. The Morgan fingerprint density at radius 2 is 2.13 bits per heavy atom. The summed E-state index contributed by atoms with van der Waals surface area (Å²) in [5.74, 6) is 0.732. The van der Waals surface area contributed by atoms with Gasteiger partial charge in [-0.15, -0.1) is 10.2 Å². The van der Waals surface area contributed by atoms with Crippen molar-refractivity contribution in [1.82, 2.24) is 10.2 Å². The molecule has 1 aromatic carbocycles. The van der Waals surface area contributed by atoms with Crippen molar-refractivity contribution in [3.8, 4) is 0 Å². The molecule has 1 amide bonds. The molecule has 2 unspecified atom stereocenters. The molecule has 10 heteroatoms. The molecule has 0 saturated carbocycles. The van der Waals surface area contributed by atoms with Crippen LogP contribution in [0.15, 0.2) is 27.8 Å². The molecule has 4 rings (SSSR count). The lowest BCUT2D eigenvalue weighted by Crippen LogP contribution is -2.25. The summed E-state index contributed by atoms with van der Waals surface area (Å²) in [6.45, 7) is 3.96. The maximum atomic E-state index is 12.9. The fraction of sp³-hybridized carbons (Fsp3) is 0.500. The lowest BCUT2D eigenvalue weighted by Gasteiger charge is -2.15. The Kier molecular flexibility index (Phi) is 5.71. The van der Waals surface area contributed by atoms with Crippen LogP contribution < -0.4 is 4.90 Å². The van der Waals surface area contributed by atoms with E-state index < -0.39 is 15.1 Å². The number of amides is 1. The zero-order valence-corrected chi connectivity index (χ0v) is 18.5. The third kappa shape index (κ3) is 4.44. The molecule has 2 atom stereocenters. The van der Waals surface area contributed by atoms with E-state index in [-0.39, 0.29) is 29.1 Å². The lowest BCUT2D eigenvalue weighted by atomic mass is 10.0. The van der Waals surface area contributed by atoms with E-state index in [1.54, 1.807) is 17.9 Å². The smallest absolute Gasteiger partial charge is 0.277 e. The number of aromatic nitrogens is 2. The molecule has 0 bridgehead atoms. The number of nitrogens with zero attached hydrogens (tertiary/aromatic N) is 3. The molecule has 3 heterocycles. The number of benzene rings is 1. The van der Waals surface area contributed by atoms with E-state index in [0.29, 0.717) is 36.1 Å². The number of anilines is 1. The highest BCUT2D eigenvalue weighted by atomic mass is 32.2. The van der Waals surface area contributed by atoms with E-state index in [2.05, 4.69) is 10.2 Å². The molecule has 0 spiro atoms. The average molecular weight is 450 g/mol. The van der Waals surface area contributed by atoms with Crippen LogP contribution in [-0.2, 0) is 27.5 Å². The van der Waals surface area contributed by atoms with Gasteiger partial charge >= 0.3 is 0 Å². The highest BCUT2D eigenvalue weighted by Gasteiger charge is 2.30. The molecule has 0 radical (unpaired) electrons. The molecule has 0 N–H and O–H groups in total. The van der Waals surface area contributed by atoms with Crippen molar-refractivity contribution in [1.29, 1.82) is 0 Å². The van der Waals surface area contributed by atoms with Crippen LogP contribution in [0.5, 0.6) is 0 Å². The van der Waals surface area contributed by atoms with Gasteiger partial charge in [0.05, 0.1) is 16.8 Å². The fourth-order valence-corrected chi connectivity index (χ4v) is 6.61. The van der Waals surface area contributed by atoms with Gasteiger partial charge < -0.3 is 9.32 Å². The average Bonchev–Trinajstić information content (AvgIpc) is 3.39. The third-order valence-corrected chi connectivity index (χ3v) is 8.30. The van der Waals surface area contributed by atoms with E-state index in [1.807, 2.05) is 12.1 Å². The van der Waals surface area contributed by atoms with Gasteiger partial charge in [0.15, 0.2) is 15.6 Å². The molecule has 2 aromatic rings. The quantitative estimate of drug-likeness (QED) is 0.488. The number of hydrogen-bond donors (Lipinski definition) is 0. The van der Waals surface area contributed by atoms with E-state index in [9.17, 15) is 18.0 Å². The molecule has 0 aliphatic carbocycles. The zero-order valence-electron chi connectivity index (χ0n) is 16.8. The highest BCUT2D eigenvalue weighted by Crippen LogP contribution is 2.31. The number of carbonyl (C=O) groups excluding carboxylic acids is 2. The number of ketones is 1. The van der Waals surface area contributed by atoms with E-state index >= 15 is 0 Å². The maximum Gasteiger partial charge on any atom is 0.277 e. The fourth-order valence-electron chi connectivity index (χ4n) is 3.97. The van der Waals surface area contributed by atoms with Crippen LogP contribution >= 0.6 is 11.8 Å². The predicted molar refractivity (Wildman–Crippen MR) is 113 cm³/mol. The number of rotatable bonds is 6. The Morgan fingerprint density at radius 3 is 2.83 bits per heavy atom. The Bertz CT molecular complexity index is 1100. The van der Waals surface area contributed by atoms with E-state index in [4.69, 9.17) is 4.42 Å². The van der Waals surface area contributed by atoms with Crippen molar-refractivity contribution in [3.05, 3.63) is 35.2 Å². The molecule has 2 aliphatic rings. The van der Waals surface area contributed by atoms with Gasteiger partial charge in [0.1, 0.15) is 0 Å². The van der Waals surface area contributed by atoms with Crippen LogP contribution in [0.25, 0.3) is 0 Å². The van der Waals surface area contributed by atoms with Gasteiger partial charge in [0, 0.05) is 31.1 Å². The van der Waals surface area contributed by atoms with E-state index in [0.717, 1.165) is 17.7 Å². The molecule has 30 heavy (non-hydrogen) atoms. The number of carbonyl (C=O) groups is 2. The lowest BCUT2D eigenvalue weighted by molar-refractivity contribution is -0.116. The van der Waals surface area contributed by atoms with Gasteiger partial charge in [0.25, 0.3) is 5.22 Å². The first-order valence-corrected chi connectivity index (χ1v) is 12.6. The first kappa shape index (κ1) is 21.0. The minimum absolute atomic E-state index is 0.000786. The van der Waals surface area contributed by atoms with Gasteiger partial charge in [-0.05, 0) is 49.4 Å².